The van der Waals surface area contributed by atoms with Gasteiger partial charge in [-0.15, -0.1) is 0 Å². The van der Waals surface area contributed by atoms with Gasteiger partial charge in [0, 0.05) is 17.4 Å². The molecule has 138 valence electrons. The molecular formula is C19H11ClF4N2O. The van der Waals surface area contributed by atoms with E-state index in [9.17, 15) is 22.4 Å². The number of anilines is 1. The first-order chi connectivity index (χ1) is 12.8. The third kappa shape index (κ3) is 4.09. The maximum Gasteiger partial charge on any atom is 0.434 e. The Morgan fingerprint density at radius 1 is 1.04 bits per heavy atom. The van der Waals surface area contributed by atoms with Crippen molar-refractivity contribution in [1.29, 1.82) is 0 Å². The van der Waals surface area contributed by atoms with Gasteiger partial charge in [-0.25, -0.2) is 4.39 Å². The van der Waals surface area contributed by atoms with E-state index in [0.29, 0.717) is 11.1 Å². The van der Waals surface area contributed by atoms with Crippen molar-refractivity contribution < 1.29 is 22.4 Å². The molecule has 1 amide bonds. The van der Waals surface area contributed by atoms with Crippen molar-refractivity contribution in [2.75, 3.05) is 5.32 Å². The zero-order chi connectivity index (χ0) is 19.6. The summed E-state index contributed by atoms with van der Waals surface area (Å²) in [6.07, 6.45) is -3.80. The van der Waals surface area contributed by atoms with Gasteiger partial charge in [0.25, 0.3) is 5.91 Å². The standard InChI is InChI=1S/C19H11ClF4N2O/c20-14-10-11(7-8-15(14)21)12-4-1-2-6-16(12)26-18(27)13-5-3-9-25-17(13)19(22,23)24/h1-10H,(H,26,27). The number of benzene rings is 2. The van der Waals surface area contributed by atoms with Gasteiger partial charge < -0.3 is 5.32 Å². The highest BCUT2D eigenvalue weighted by molar-refractivity contribution is 6.31. The second-order valence-electron chi connectivity index (χ2n) is 5.53. The molecule has 0 aliphatic heterocycles. The average Bonchev–Trinajstić information content (AvgIpc) is 2.64. The number of aromatic nitrogens is 1. The summed E-state index contributed by atoms with van der Waals surface area (Å²) in [4.78, 5) is 15.7. The number of nitrogens with one attached hydrogen (secondary N) is 1. The summed E-state index contributed by atoms with van der Waals surface area (Å²) < 4.78 is 52.6. The summed E-state index contributed by atoms with van der Waals surface area (Å²) in [6, 6.07) is 12.7. The second kappa shape index (κ2) is 7.36. The number of rotatable bonds is 3. The van der Waals surface area contributed by atoms with Crippen LogP contribution in [0.1, 0.15) is 16.1 Å². The minimum atomic E-state index is -4.77. The molecule has 1 heterocycles. The lowest BCUT2D eigenvalue weighted by Crippen LogP contribution is -2.20. The second-order valence-corrected chi connectivity index (χ2v) is 5.93. The van der Waals surface area contributed by atoms with Crippen LogP contribution in [0.15, 0.2) is 60.8 Å². The molecular weight excluding hydrogens is 384 g/mol. The normalized spacial score (nSPS) is 11.3. The SMILES string of the molecule is O=C(Nc1ccccc1-c1ccc(F)c(Cl)c1)c1cccnc1C(F)(F)F. The third-order valence-corrected chi connectivity index (χ3v) is 4.02. The number of para-hydroxylation sites is 1. The van der Waals surface area contributed by atoms with E-state index in [1.165, 1.54) is 30.3 Å². The summed E-state index contributed by atoms with van der Waals surface area (Å²) in [6.45, 7) is 0. The van der Waals surface area contributed by atoms with E-state index in [-0.39, 0.29) is 10.7 Å². The van der Waals surface area contributed by atoms with Crippen LogP contribution in [0.4, 0.5) is 23.2 Å². The number of carbonyl (C=O) groups excluding carboxylic acids is 1. The zero-order valence-corrected chi connectivity index (χ0v) is 14.3. The summed E-state index contributed by atoms with van der Waals surface area (Å²) in [5, 5.41) is 2.35. The van der Waals surface area contributed by atoms with Gasteiger partial charge in [0.15, 0.2) is 5.69 Å². The lowest BCUT2D eigenvalue weighted by Gasteiger charge is -2.14. The Kier molecular flexibility index (Phi) is 5.14. The Hall–Kier alpha value is -2.93. The van der Waals surface area contributed by atoms with Gasteiger partial charge in [-0.1, -0.05) is 35.9 Å². The van der Waals surface area contributed by atoms with Crippen LogP contribution in [0, 0.1) is 5.82 Å². The van der Waals surface area contributed by atoms with Gasteiger partial charge in [0.05, 0.1) is 10.6 Å². The molecule has 0 aliphatic rings. The number of nitrogens with zero attached hydrogens (tertiary/aromatic N) is 1. The van der Waals surface area contributed by atoms with Crippen molar-refractivity contribution in [3.63, 3.8) is 0 Å². The fourth-order valence-corrected chi connectivity index (χ4v) is 2.69. The Labute approximate surface area is 156 Å². The van der Waals surface area contributed by atoms with Gasteiger partial charge in [-0.2, -0.15) is 13.2 Å². The van der Waals surface area contributed by atoms with Crippen LogP contribution in [0.5, 0.6) is 0 Å². The first kappa shape index (κ1) is 18.8. The lowest BCUT2D eigenvalue weighted by molar-refractivity contribution is -0.141. The number of alkyl halides is 3. The number of hydrogen-bond acceptors (Lipinski definition) is 2. The van der Waals surface area contributed by atoms with Crippen LogP contribution in [0.3, 0.4) is 0 Å². The Morgan fingerprint density at radius 2 is 1.78 bits per heavy atom. The van der Waals surface area contributed by atoms with Gasteiger partial charge in [-0.3, -0.25) is 9.78 Å². The van der Waals surface area contributed by atoms with Gasteiger partial charge in [-0.05, 0) is 35.9 Å². The number of amides is 1. The molecule has 0 saturated heterocycles. The summed E-state index contributed by atoms with van der Waals surface area (Å²) in [5.41, 5.74) is -0.645. The molecule has 0 saturated carbocycles. The van der Waals surface area contributed by atoms with Crippen LogP contribution in [0.25, 0.3) is 11.1 Å². The molecule has 0 unspecified atom stereocenters. The number of pyridine rings is 1. The zero-order valence-electron chi connectivity index (χ0n) is 13.5. The molecule has 3 nitrogen and oxygen atoms in total. The molecule has 1 N–H and O–H groups in total. The topological polar surface area (TPSA) is 42.0 Å². The van der Waals surface area contributed by atoms with Crippen molar-refractivity contribution in [1.82, 2.24) is 4.98 Å². The first-order valence-electron chi connectivity index (χ1n) is 7.65. The van der Waals surface area contributed by atoms with Gasteiger partial charge >= 0.3 is 6.18 Å². The lowest BCUT2D eigenvalue weighted by atomic mass is 10.0. The highest BCUT2D eigenvalue weighted by Crippen LogP contribution is 2.33. The molecule has 0 bridgehead atoms. The highest BCUT2D eigenvalue weighted by atomic mass is 35.5. The smallest absolute Gasteiger partial charge is 0.321 e. The predicted octanol–water partition coefficient (Wildman–Crippen LogP) is 5.81. The molecule has 0 fully saturated rings. The maximum atomic E-state index is 13.4. The summed E-state index contributed by atoms with van der Waals surface area (Å²) >= 11 is 5.79. The fourth-order valence-electron chi connectivity index (χ4n) is 2.51. The van der Waals surface area contributed by atoms with Crippen LogP contribution in [0.2, 0.25) is 5.02 Å². The molecule has 0 spiro atoms. The predicted molar refractivity (Wildman–Crippen MR) is 94.0 cm³/mol. The van der Waals surface area contributed by atoms with E-state index in [0.717, 1.165) is 12.3 Å². The minimum absolute atomic E-state index is 0.111. The summed E-state index contributed by atoms with van der Waals surface area (Å²) in [5.74, 6) is -1.57. The largest absolute Gasteiger partial charge is 0.434 e. The van der Waals surface area contributed by atoms with E-state index >= 15 is 0 Å². The highest BCUT2D eigenvalue weighted by Gasteiger charge is 2.37. The molecule has 27 heavy (non-hydrogen) atoms. The van der Waals surface area contributed by atoms with Gasteiger partial charge in [0.2, 0.25) is 0 Å². The Bertz CT molecular complexity index is 1000. The van der Waals surface area contributed by atoms with Crippen molar-refractivity contribution in [2.45, 2.75) is 6.18 Å². The Balaban J connectivity index is 1.98. The maximum absolute atomic E-state index is 13.4. The molecule has 2 aromatic carbocycles. The first-order valence-corrected chi connectivity index (χ1v) is 8.03. The van der Waals surface area contributed by atoms with Crippen LogP contribution < -0.4 is 5.32 Å². The van der Waals surface area contributed by atoms with Crippen molar-refractivity contribution in [3.8, 4) is 11.1 Å². The molecule has 0 aliphatic carbocycles. The monoisotopic (exact) mass is 394 g/mol. The van der Waals surface area contributed by atoms with Crippen LogP contribution in [-0.2, 0) is 6.18 Å². The van der Waals surface area contributed by atoms with Crippen LogP contribution in [-0.4, -0.2) is 10.9 Å². The van der Waals surface area contributed by atoms with Crippen LogP contribution >= 0.6 is 11.6 Å². The average molecular weight is 395 g/mol. The van der Waals surface area contributed by atoms with Crippen molar-refractivity contribution in [2.24, 2.45) is 0 Å². The van der Waals surface area contributed by atoms with E-state index in [1.807, 2.05) is 0 Å². The quantitative estimate of drug-likeness (QED) is 0.569. The molecule has 1 aromatic heterocycles. The Morgan fingerprint density at radius 3 is 2.48 bits per heavy atom. The number of hydrogen-bond donors (Lipinski definition) is 1. The van der Waals surface area contributed by atoms with E-state index in [1.54, 1.807) is 18.2 Å². The van der Waals surface area contributed by atoms with E-state index < -0.39 is 29.2 Å². The molecule has 3 rings (SSSR count). The van der Waals surface area contributed by atoms with Crippen molar-refractivity contribution in [3.05, 3.63) is 82.9 Å². The fraction of sp³-hybridized carbons (Fsp3) is 0.0526. The number of halogens is 5. The van der Waals surface area contributed by atoms with Crippen molar-refractivity contribution >= 4 is 23.2 Å². The number of carbonyl (C=O) groups is 1. The summed E-state index contributed by atoms with van der Waals surface area (Å²) in [7, 11) is 0. The van der Waals surface area contributed by atoms with Gasteiger partial charge in [0.1, 0.15) is 5.82 Å². The molecule has 3 aromatic rings. The minimum Gasteiger partial charge on any atom is -0.321 e. The molecule has 0 atom stereocenters. The third-order valence-electron chi connectivity index (χ3n) is 3.73. The van der Waals surface area contributed by atoms with E-state index in [4.69, 9.17) is 11.6 Å². The van der Waals surface area contributed by atoms with E-state index in [2.05, 4.69) is 10.3 Å². The molecule has 8 heteroatoms. The molecule has 0 radical (unpaired) electrons.